The summed E-state index contributed by atoms with van der Waals surface area (Å²) in [7, 11) is -2.33. The summed E-state index contributed by atoms with van der Waals surface area (Å²) in [6, 6.07) is 20.8. The van der Waals surface area contributed by atoms with Crippen molar-refractivity contribution >= 4 is 44.3 Å². The number of fused-ring (bicyclic) bond motifs is 1. The van der Waals surface area contributed by atoms with E-state index in [9.17, 15) is 8.42 Å². The summed E-state index contributed by atoms with van der Waals surface area (Å²) in [6.07, 6.45) is 0. The van der Waals surface area contributed by atoms with Crippen LogP contribution in [0.15, 0.2) is 77.7 Å². The molecule has 0 radical (unpaired) electrons. The Balaban J connectivity index is 1.71. The Morgan fingerprint density at radius 3 is 2.29 bits per heavy atom. The lowest BCUT2D eigenvalue weighted by Gasteiger charge is -2.15. The van der Waals surface area contributed by atoms with Gasteiger partial charge < -0.3 is 10.1 Å². The highest BCUT2D eigenvalue weighted by Crippen LogP contribution is 2.26. The maximum Gasteiger partial charge on any atom is 0.263 e. The number of hydrogen-bond acceptors (Lipinski definition) is 6. The molecule has 3 aromatic carbocycles. The van der Waals surface area contributed by atoms with Crippen molar-refractivity contribution in [3.05, 3.63) is 83.4 Å². The standard InChI is InChI=1S/C22H19ClN4O3S/c1-30-20-12-5-2-7-15(20)14-24-21-22(26-19-11-4-3-10-18(19)25-21)27-31(28,29)17-9-6-8-16(23)13-17/h2-13H,14H2,1H3,(H,24,25)(H,26,27). The molecular formula is C22H19ClN4O3S. The Bertz CT molecular complexity index is 1350. The van der Waals surface area contributed by atoms with E-state index in [0.29, 0.717) is 34.2 Å². The van der Waals surface area contributed by atoms with E-state index in [1.165, 1.54) is 12.1 Å². The molecule has 0 bridgehead atoms. The lowest BCUT2D eigenvalue weighted by atomic mass is 10.2. The predicted octanol–water partition coefficient (Wildman–Crippen LogP) is 4.70. The Hall–Kier alpha value is -3.36. The second-order valence-electron chi connectivity index (χ2n) is 6.64. The first-order valence-electron chi connectivity index (χ1n) is 9.37. The number of anilines is 2. The van der Waals surface area contributed by atoms with E-state index in [-0.39, 0.29) is 10.7 Å². The normalized spacial score (nSPS) is 11.3. The van der Waals surface area contributed by atoms with Crippen LogP contribution in [0.4, 0.5) is 11.6 Å². The summed E-state index contributed by atoms with van der Waals surface area (Å²) >= 11 is 5.96. The average Bonchev–Trinajstić information content (AvgIpc) is 2.77. The molecule has 158 valence electrons. The molecule has 1 heterocycles. The fraction of sp³-hybridized carbons (Fsp3) is 0.0909. The lowest BCUT2D eigenvalue weighted by molar-refractivity contribution is 0.410. The van der Waals surface area contributed by atoms with Crippen LogP contribution in [0, 0.1) is 0 Å². The number of ether oxygens (including phenoxy) is 1. The van der Waals surface area contributed by atoms with Crippen molar-refractivity contribution in [2.24, 2.45) is 0 Å². The number of sulfonamides is 1. The Morgan fingerprint density at radius 1 is 0.903 bits per heavy atom. The first-order valence-corrected chi connectivity index (χ1v) is 11.2. The fourth-order valence-electron chi connectivity index (χ4n) is 3.04. The molecule has 0 aliphatic carbocycles. The molecule has 0 spiro atoms. The minimum absolute atomic E-state index is 0.0330. The summed E-state index contributed by atoms with van der Waals surface area (Å²) in [5, 5.41) is 3.50. The molecule has 0 fully saturated rings. The van der Waals surface area contributed by atoms with Crippen molar-refractivity contribution in [2.45, 2.75) is 11.4 Å². The van der Waals surface area contributed by atoms with Gasteiger partial charge in [-0.1, -0.05) is 48.0 Å². The Kier molecular flexibility index (Phi) is 5.92. The van der Waals surface area contributed by atoms with Crippen molar-refractivity contribution in [1.29, 1.82) is 0 Å². The van der Waals surface area contributed by atoms with Gasteiger partial charge >= 0.3 is 0 Å². The highest BCUT2D eigenvalue weighted by molar-refractivity contribution is 7.92. The smallest absolute Gasteiger partial charge is 0.263 e. The highest BCUT2D eigenvalue weighted by atomic mass is 35.5. The number of methoxy groups -OCH3 is 1. The van der Waals surface area contributed by atoms with E-state index >= 15 is 0 Å². The molecule has 0 unspecified atom stereocenters. The van der Waals surface area contributed by atoms with Gasteiger partial charge in [-0.2, -0.15) is 0 Å². The number of nitrogens with zero attached hydrogens (tertiary/aromatic N) is 2. The number of nitrogens with one attached hydrogen (secondary N) is 2. The van der Waals surface area contributed by atoms with E-state index in [4.69, 9.17) is 16.3 Å². The first-order chi connectivity index (χ1) is 15.0. The maximum absolute atomic E-state index is 12.9. The van der Waals surface area contributed by atoms with Gasteiger partial charge in [0, 0.05) is 17.1 Å². The van der Waals surface area contributed by atoms with Crippen molar-refractivity contribution in [3.8, 4) is 5.75 Å². The van der Waals surface area contributed by atoms with Crippen LogP contribution >= 0.6 is 11.6 Å². The number of aromatic nitrogens is 2. The second-order valence-corrected chi connectivity index (χ2v) is 8.76. The van der Waals surface area contributed by atoms with Crippen LogP contribution in [0.1, 0.15) is 5.56 Å². The van der Waals surface area contributed by atoms with Crippen molar-refractivity contribution < 1.29 is 13.2 Å². The molecule has 2 N–H and O–H groups in total. The molecule has 31 heavy (non-hydrogen) atoms. The third kappa shape index (κ3) is 4.70. The maximum atomic E-state index is 12.9. The number of rotatable bonds is 7. The Morgan fingerprint density at radius 2 is 1.58 bits per heavy atom. The van der Waals surface area contributed by atoms with E-state index < -0.39 is 10.0 Å². The number of benzene rings is 3. The third-order valence-corrected chi connectivity index (χ3v) is 6.12. The van der Waals surface area contributed by atoms with Crippen molar-refractivity contribution in [1.82, 2.24) is 9.97 Å². The molecule has 7 nitrogen and oxygen atoms in total. The van der Waals surface area contributed by atoms with Gasteiger partial charge in [-0.15, -0.1) is 0 Å². The molecule has 0 atom stereocenters. The Labute approximate surface area is 185 Å². The third-order valence-electron chi connectivity index (χ3n) is 4.55. The van der Waals surface area contributed by atoms with Gasteiger partial charge in [0.1, 0.15) is 5.75 Å². The summed E-state index contributed by atoms with van der Waals surface area (Å²) in [5.41, 5.74) is 2.09. The molecule has 4 aromatic rings. The quantitative estimate of drug-likeness (QED) is 0.420. The summed E-state index contributed by atoms with van der Waals surface area (Å²) in [4.78, 5) is 9.09. The number of hydrogen-bond donors (Lipinski definition) is 2. The van der Waals surface area contributed by atoms with Gasteiger partial charge in [0.2, 0.25) is 0 Å². The zero-order valence-corrected chi connectivity index (χ0v) is 18.1. The summed E-state index contributed by atoms with van der Waals surface area (Å²) in [6.45, 7) is 0.364. The van der Waals surface area contributed by atoms with Gasteiger partial charge in [-0.05, 0) is 36.4 Å². The summed E-state index contributed by atoms with van der Waals surface area (Å²) < 4.78 is 33.8. The number of para-hydroxylation sites is 3. The topological polar surface area (TPSA) is 93.2 Å². The molecule has 0 aliphatic heterocycles. The monoisotopic (exact) mass is 454 g/mol. The molecule has 9 heteroatoms. The second kappa shape index (κ2) is 8.79. The van der Waals surface area contributed by atoms with Crippen molar-refractivity contribution in [2.75, 3.05) is 17.1 Å². The van der Waals surface area contributed by atoms with Crippen LogP contribution in [0.2, 0.25) is 5.02 Å². The summed E-state index contributed by atoms with van der Waals surface area (Å²) in [5.74, 6) is 1.11. The van der Waals surface area contributed by atoms with Crippen LogP contribution in [0.3, 0.4) is 0 Å². The van der Waals surface area contributed by atoms with E-state index in [0.717, 1.165) is 5.56 Å². The van der Waals surface area contributed by atoms with E-state index in [1.54, 1.807) is 25.3 Å². The molecular weight excluding hydrogens is 436 g/mol. The van der Waals surface area contributed by atoms with Crippen LogP contribution in [0.5, 0.6) is 5.75 Å². The van der Waals surface area contributed by atoms with Crippen LogP contribution in [-0.2, 0) is 16.6 Å². The molecule has 4 rings (SSSR count). The molecule has 0 saturated heterocycles. The zero-order valence-electron chi connectivity index (χ0n) is 16.5. The number of halogens is 1. The van der Waals surface area contributed by atoms with E-state index in [2.05, 4.69) is 20.0 Å². The van der Waals surface area contributed by atoms with Crippen LogP contribution in [0.25, 0.3) is 11.0 Å². The fourth-order valence-corrected chi connectivity index (χ4v) is 4.35. The lowest BCUT2D eigenvalue weighted by Crippen LogP contribution is -2.16. The average molecular weight is 455 g/mol. The molecule has 1 aromatic heterocycles. The minimum atomic E-state index is -3.92. The van der Waals surface area contributed by atoms with Gasteiger partial charge in [-0.25, -0.2) is 18.4 Å². The first kappa shape index (κ1) is 20.9. The SMILES string of the molecule is COc1ccccc1CNc1nc2ccccc2nc1NS(=O)(=O)c1cccc(Cl)c1. The molecule has 0 saturated carbocycles. The van der Waals surface area contributed by atoms with E-state index in [1.807, 2.05) is 42.5 Å². The largest absolute Gasteiger partial charge is 0.496 e. The zero-order chi connectivity index (χ0) is 21.8. The van der Waals surface area contributed by atoms with Gasteiger partial charge in [0.05, 0.1) is 23.0 Å². The van der Waals surface area contributed by atoms with Crippen molar-refractivity contribution in [3.63, 3.8) is 0 Å². The highest BCUT2D eigenvalue weighted by Gasteiger charge is 2.19. The van der Waals surface area contributed by atoms with Crippen LogP contribution < -0.4 is 14.8 Å². The van der Waals surface area contributed by atoms with Gasteiger partial charge in [0.25, 0.3) is 10.0 Å². The van der Waals surface area contributed by atoms with Gasteiger partial charge in [0.15, 0.2) is 11.6 Å². The molecule has 0 amide bonds. The van der Waals surface area contributed by atoms with Gasteiger partial charge in [-0.3, -0.25) is 4.72 Å². The van der Waals surface area contributed by atoms with Crippen LogP contribution in [-0.4, -0.2) is 25.5 Å². The predicted molar refractivity (Wildman–Crippen MR) is 122 cm³/mol. The molecule has 0 aliphatic rings. The minimum Gasteiger partial charge on any atom is -0.496 e.